The summed E-state index contributed by atoms with van der Waals surface area (Å²) in [5, 5.41) is 17.5. The summed E-state index contributed by atoms with van der Waals surface area (Å²) in [5.41, 5.74) is -0.314. The van der Waals surface area contributed by atoms with Crippen LogP contribution >= 0.6 is 0 Å². The zero-order valence-corrected chi connectivity index (χ0v) is 6.53. The number of aromatic carboxylic acids is 2. The minimum atomic E-state index is -1.25. The smallest absolute Gasteiger partial charge is 0.343 e. The number of benzene rings is 1. The van der Waals surface area contributed by atoms with Crippen molar-refractivity contribution in [2.75, 3.05) is 0 Å². The van der Waals surface area contributed by atoms with Crippen molar-refractivity contribution in [3.63, 3.8) is 0 Å². The average molecular weight is 194 g/mol. The van der Waals surface area contributed by atoms with Crippen LogP contribution in [0.25, 0.3) is 0 Å². The van der Waals surface area contributed by atoms with E-state index in [2.05, 4.69) is 0 Å². The Morgan fingerprint density at radius 3 is 1.64 bits per heavy atom. The fourth-order valence-electron chi connectivity index (χ4n) is 1.48. The first-order valence-electron chi connectivity index (χ1n) is 3.67. The molecule has 0 aliphatic carbocycles. The molecular weight excluding hydrogens is 192 g/mol. The third kappa shape index (κ3) is 0.586. The number of carboxylic acids is 2. The highest BCUT2D eigenvalue weighted by molar-refractivity contribution is 6.09. The maximum atomic E-state index is 10.7. The molecule has 0 atom stereocenters. The molecule has 70 valence electrons. The molecule has 1 aromatic rings. The van der Waals surface area contributed by atoms with E-state index in [1.54, 1.807) is 0 Å². The second kappa shape index (κ2) is 1.82. The third-order valence-corrected chi connectivity index (χ3v) is 2.12. The summed E-state index contributed by atoms with van der Waals surface area (Å²) in [7, 11) is 0. The van der Waals surface area contributed by atoms with Crippen molar-refractivity contribution in [3.05, 3.63) is 11.1 Å². The number of carboxylic acid groups (broad SMARTS) is 2. The lowest BCUT2D eigenvalue weighted by Gasteiger charge is -2.19. The van der Waals surface area contributed by atoms with Gasteiger partial charge in [-0.05, 0) is 0 Å². The predicted molar refractivity (Wildman–Crippen MR) is 40.5 cm³/mol. The van der Waals surface area contributed by atoms with Crippen molar-refractivity contribution in [2.24, 2.45) is 0 Å². The first-order valence-corrected chi connectivity index (χ1v) is 3.67. The zero-order chi connectivity index (χ0) is 10.0. The van der Waals surface area contributed by atoms with Gasteiger partial charge in [0.05, 0.1) is 0 Å². The fourth-order valence-corrected chi connectivity index (χ4v) is 1.48. The Morgan fingerprint density at radius 2 is 1.21 bits per heavy atom. The zero-order valence-electron chi connectivity index (χ0n) is 6.53. The number of carbonyl (C=O) groups is 2. The van der Waals surface area contributed by atoms with E-state index >= 15 is 0 Å². The van der Waals surface area contributed by atoms with Crippen LogP contribution in [0.4, 0.5) is 0 Å². The van der Waals surface area contributed by atoms with Crippen LogP contribution in [0.1, 0.15) is 20.7 Å². The third-order valence-electron chi connectivity index (χ3n) is 2.12. The highest BCUT2D eigenvalue weighted by Crippen LogP contribution is 2.66. The number of rotatable bonds is 2. The Balaban J connectivity index is 2.32. The highest BCUT2D eigenvalue weighted by Gasteiger charge is 2.48. The van der Waals surface area contributed by atoms with Crippen molar-refractivity contribution >= 4 is 11.9 Å². The number of hydrogen-bond donors (Lipinski definition) is 2. The van der Waals surface area contributed by atoms with Crippen LogP contribution < -0.4 is 9.47 Å². The van der Waals surface area contributed by atoms with Crippen molar-refractivity contribution < 1.29 is 29.3 Å². The van der Waals surface area contributed by atoms with Gasteiger partial charge in [-0.1, -0.05) is 0 Å². The van der Waals surface area contributed by atoms with E-state index in [-0.39, 0.29) is 34.1 Å². The van der Waals surface area contributed by atoms with Crippen molar-refractivity contribution in [3.8, 4) is 23.0 Å². The van der Waals surface area contributed by atoms with Gasteiger partial charge in [0.2, 0.25) is 5.75 Å². The van der Waals surface area contributed by atoms with Crippen LogP contribution in [-0.2, 0) is 0 Å². The summed E-state index contributed by atoms with van der Waals surface area (Å²) < 4.78 is 9.73. The molecule has 3 aliphatic heterocycles. The van der Waals surface area contributed by atoms with E-state index in [4.69, 9.17) is 19.7 Å². The molecular formula is C8H2O6. The summed E-state index contributed by atoms with van der Waals surface area (Å²) >= 11 is 0. The quantitative estimate of drug-likeness (QED) is 0.596. The molecule has 0 aromatic heterocycles. The molecule has 4 rings (SSSR count). The molecule has 0 saturated carbocycles. The van der Waals surface area contributed by atoms with Gasteiger partial charge in [-0.25, -0.2) is 9.59 Å². The average Bonchev–Trinajstić information content (AvgIpc) is 2.77. The summed E-state index contributed by atoms with van der Waals surface area (Å²) in [4.78, 5) is 21.4. The lowest BCUT2D eigenvalue weighted by molar-refractivity contribution is 0.0679. The molecule has 0 saturated heterocycles. The molecule has 0 spiro atoms. The van der Waals surface area contributed by atoms with E-state index < -0.39 is 11.9 Å². The van der Waals surface area contributed by atoms with Gasteiger partial charge >= 0.3 is 11.9 Å². The van der Waals surface area contributed by atoms with Gasteiger partial charge < -0.3 is 19.7 Å². The molecule has 0 unspecified atom stereocenters. The van der Waals surface area contributed by atoms with Crippen LogP contribution in [0.5, 0.6) is 23.0 Å². The van der Waals surface area contributed by atoms with Crippen LogP contribution in [-0.4, -0.2) is 22.2 Å². The molecule has 0 radical (unpaired) electrons. The van der Waals surface area contributed by atoms with E-state index in [0.717, 1.165) is 0 Å². The standard InChI is InChI=1S/C8H2O6/c9-7(10)1-3-2(8(11)12)5-6(14-5)4(1)13-3/h(H,9,10)(H,11,12). The van der Waals surface area contributed by atoms with Crippen LogP contribution in [0.15, 0.2) is 0 Å². The maximum Gasteiger partial charge on any atom is 0.343 e. The molecule has 14 heavy (non-hydrogen) atoms. The molecule has 0 amide bonds. The Bertz CT molecular complexity index is 515. The Labute approximate surface area is 76.3 Å². The van der Waals surface area contributed by atoms with E-state index in [9.17, 15) is 9.59 Å². The minimum Gasteiger partial charge on any atom is -0.477 e. The second-order valence-corrected chi connectivity index (χ2v) is 2.88. The molecule has 2 bridgehead atoms. The lowest BCUT2D eigenvalue weighted by Crippen LogP contribution is -2.13. The number of hydrogen-bond acceptors (Lipinski definition) is 4. The molecule has 3 aliphatic rings. The van der Waals surface area contributed by atoms with E-state index in [1.165, 1.54) is 0 Å². The van der Waals surface area contributed by atoms with E-state index in [1.807, 2.05) is 0 Å². The van der Waals surface area contributed by atoms with Crippen molar-refractivity contribution in [2.45, 2.75) is 0 Å². The second-order valence-electron chi connectivity index (χ2n) is 2.88. The summed E-state index contributed by atoms with van der Waals surface area (Å²) in [6.07, 6.45) is 0. The predicted octanol–water partition coefficient (Wildman–Crippen LogP) is 1.29. The highest BCUT2D eigenvalue weighted by atomic mass is 16.6. The van der Waals surface area contributed by atoms with Gasteiger partial charge in [-0.15, -0.1) is 0 Å². The van der Waals surface area contributed by atoms with Crippen molar-refractivity contribution in [1.82, 2.24) is 0 Å². The van der Waals surface area contributed by atoms with Gasteiger partial charge in [0, 0.05) is 0 Å². The first kappa shape index (κ1) is 7.19. The molecule has 6 heteroatoms. The Kier molecular flexibility index (Phi) is 0.933. The Hall–Kier alpha value is -2.24. The molecule has 6 nitrogen and oxygen atoms in total. The van der Waals surface area contributed by atoms with Gasteiger partial charge in [-0.3, -0.25) is 0 Å². The monoisotopic (exact) mass is 194 g/mol. The fraction of sp³-hybridized carbons (Fsp3) is 0. The lowest BCUT2D eigenvalue weighted by atomic mass is 10.0. The summed E-state index contributed by atoms with van der Waals surface area (Å²) in [5.74, 6) is -1.98. The van der Waals surface area contributed by atoms with Crippen LogP contribution in [0.2, 0.25) is 0 Å². The number of ether oxygens (including phenoxy) is 2. The molecule has 3 heterocycles. The van der Waals surface area contributed by atoms with Crippen molar-refractivity contribution in [1.29, 1.82) is 0 Å². The van der Waals surface area contributed by atoms with Gasteiger partial charge in [0.1, 0.15) is 11.1 Å². The van der Waals surface area contributed by atoms with Gasteiger partial charge in [0.25, 0.3) is 0 Å². The van der Waals surface area contributed by atoms with Crippen LogP contribution in [0.3, 0.4) is 0 Å². The topological polar surface area (TPSA) is 96.4 Å². The summed E-state index contributed by atoms with van der Waals surface area (Å²) in [6.45, 7) is 0. The van der Waals surface area contributed by atoms with Crippen LogP contribution in [0, 0.1) is 0 Å². The molecule has 1 aromatic carbocycles. The largest absolute Gasteiger partial charge is 0.477 e. The van der Waals surface area contributed by atoms with E-state index in [0.29, 0.717) is 0 Å². The first-order chi connectivity index (χ1) is 6.61. The normalized spacial score (nSPS) is 13.1. The molecule has 0 fully saturated rings. The minimum absolute atomic E-state index is 0.112. The van der Waals surface area contributed by atoms with Gasteiger partial charge in [-0.2, -0.15) is 0 Å². The van der Waals surface area contributed by atoms with Gasteiger partial charge in [0.15, 0.2) is 17.2 Å². The maximum absolute atomic E-state index is 10.7. The molecule has 2 N–H and O–H groups in total. The SMILES string of the molecule is O=C(O)c1c2c(c3c(C(=O)O)c1O3)O2. The summed E-state index contributed by atoms with van der Waals surface area (Å²) in [6, 6.07) is 0. The Morgan fingerprint density at radius 1 is 0.786 bits per heavy atom.